The van der Waals surface area contributed by atoms with E-state index in [2.05, 4.69) is 17.0 Å². The average Bonchev–Trinajstić information content (AvgIpc) is 3.40. The largest absolute Gasteiger partial charge is 0.489 e. The van der Waals surface area contributed by atoms with Gasteiger partial charge in [-0.05, 0) is 47.7 Å². The van der Waals surface area contributed by atoms with Gasteiger partial charge in [-0.25, -0.2) is 0 Å². The van der Waals surface area contributed by atoms with Crippen molar-refractivity contribution in [3.05, 3.63) is 138 Å². The molecule has 1 fully saturated rings. The molecule has 2 atom stereocenters. The summed E-state index contributed by atoms with van der Waals surface area (Å²) in [6, 6.07) is 37.4. The lowest BCUT2D eigenvalue weighted by molar-refractivity contribution is -0.167. The maximum absolute atomic E-state index is 13.8. The van der Waals surface area contributed by atoms with Crippen LogP contribution in [0.25, 0.3) is 0 Å². The molecule has 4 aromatic carbocycles. The average molecular weight is 564 g/mol. The van der Waals surface area contributed by atoms with Crippen LogP contribution in [0.15, 0.2) is 115 Å². The molecule has 0 unspecified atom stereocenters. The molecule has 0 bridgehead atoms. The number of carbonyl (C=O) groups excluding carboxylic acids is 2. The zero-order chi connectivity index (χ0) is 29.2. The van der Waals surface area contributed by atoms with E-state index in [1.165, 1.54) is 0 Å². The molecule has 1 saturated heterocycles. The van der Waals surface area contributed by atoms with Crippen molar-refractivity contribution in [3.63, 3.8) is 0 Å². The minimum atomic E-state index is -1.09. The van der Waals surface area contributed by atoms with Crippen LogP contribution in [0.3, 0.4) is 0 Å². The molecule has 6 nitrogen and oxygen atoms in total. The van der Waals surface area contributed by atoms with Gasteiger partial charge in [0.25, 0.3) is 0 Å². The van der Waals surface area contributed by atoms with E-state index in [4.69, 9.17) is 14.2 Å². The van der Waals surface area contributed by atoms with Gasteiger partial charge < -0.3 is 14.2 Å². The van der Waals surface area contributed by atoms with E-state index in [0.29, 0.717) is 32.7 Å². The van der Waals surface area contributed by atoms with Gasteiger partial charge in [-0.15, -0.1) is 0 Å². The summed E-state index contributed by atoms with van der Waals surface area (Å²) in [6.45, 7) is 4.06. The minimum Gasteiger partial charge on any atom is -0.489 e. The van der Waals surface area contributed by atoms with E-state index in [0.717, 1.165) is 28.0 Å². The molecule has 6 heteroatoms. The summed E-state index contributed by atoms with van der Waals surface area (Å²) in [5.74, 6) is -0.696. The summed E-state index contributed by atoms with van der Waals surface area (Å²) in [7, 11) is 0. The van der Waals surface area contributed by atoms with E-state index in [-0.39, 0.29) is 25.2 Å². The van der Waals surface area contributed by atoms with Crippen molar-refractivity contribution in [2.24, 2.45) is 11.3 Å². The van der Waals surface area contributed by atoms with Crippen molar-refractivity contribution in [2.45, 2.75) is 33.1 Å². The molecular formula is C36H37NO5. The predicted octanol–water partition coefficient (Wildman–Crippen LogP) is 6.23. The molecule has 42 heavy (non-hydrogen) atoms. The Morgan fingerprint density at radius 3 is 1.88 bits per heavy atom. The molecule has 0 aromatic heterocycles. The van der Waals surface area contributed by atoms with E-state index in [1.807, 2.05) is 103 Å². The van der Waals surface area contributed by atoms with Crippen molar-refractivity contribution in [2.75, 3.05) is 19.7 Å². The summed E-state index contributed by atoms with van der Waals surface area (Å²) in [6.07, 6.45) is 0.348. The highest BCUT2D eigenvalue weighted by atomic mass is 16.5. The summed E-state index contributed by atoms with van der Waals surface area (Å²) >= 11 is 0. The summed E-state index contributed by atoms with van der Waals surface area (Å²) in [5.41, 5.74) is 2.94. The van der Waals surface area contributed by atoms with Crippen LogP contribution in [-0.2, 0) is 45.2 Å². The predicted molar refractivity (Wildman–Crippen MR) is 161 cm³/mol. The van der Waals surface area contributed by atoms with Gasteiger partial charge in [-0.2, -0.15) is 0 Å². The number of nitrogens with zero attached hydrogens (tertiary/aromatic N) is 1. The number of esters is 2. The van der Waals surface area contributed by atoms with Crippen molar-refractivity contribution in [1.82, 2.24) is 4.90 Å². The molecule has 0 saturated carbocycles. The summed E-state index contributed by atoms with van der Waals surface area (Å²) in [4.78, 5) is 29.7. The van der Waals surface area contributed by atoms with Gasteiger partial charge in [-0.3, -0.25) is 14.5 Å². The normalized spacial score (nSPS) is 18.4. The van der Waals surface area contributed by atoms with Crippen LogP contribution in [0.5, 0.6) is 5.75 Å². The van der Waals surface area contributed by atoms with Crippen molar-refractivity contribution in [3.8, 4) is 5.75 Å². The molecule has 216 valence electrons. The number of likely N-dealkylation sites (tertiary alicyclic amines) is 1. The lowest BCUT2D eigenvalue weighted by atomic mass is 9.73. The highest BCUT2D eigenvalue weighted by Crippen LogP contribution is 2.42. The first-order valence-electron chi connectivity index (χ1n) is 14.5. The lowest BCUT2D eigenvalue weighted by Gasteiger charge is -2.31. The summed E-state index contributed by atoms with van der Waals surface area (Å²) in [5, 5.41) is 0. The fraction of sp³-hybridized carbons (Fsp3) is 0.278. The second-order valence-electron chi connectivity index (χ2n) is 10.8. The van der Waals surface area contributed by atoms with E-state index in [9.17, 15) is 9.59 Å². The number of rotatable bonds is 12. The third kappa shape index (κ3) is 7.25. The first-order valence-corrected chi connectivity index (χ1v) is 14.5. The Morgan fingerprint density at radius 1 is 0.714 bits per heavy atom. The topological polar surface area (TPSA) is 65.1 Å². The molecule has 1 aliphatic rings. The van der Waals surface area contributed by atoms with E-state index < -0.39 is 11.3 Å². The van der Waals surface area contributed by atoms with Crippen LogP contribution < -0.4 is 4.74 Å². The van der Waals surface area contributed by atoms with Gasteiger partial charge in [0, 0.05) is 19.6 Å². The van der Waals surface area contributed by atoms with Gasteiger partial charge in [0.15, 0.2) is 0 Å². The maximum atomic E-state index is 13.8. The maximum Gasteiger partial charge on any atom is 0.314 e. The minimum absolute atomic E-state index is 0.154. The van der Waals surface area contributed by atoms with Crippen molar-refractivity contribution >= 4 is 11.9 Å². The molecule has 0 spiro atoms. The first-order chi connectivity index (χ1) is 20.6. The van der Waals surface area contributed by atoms with Crippen molar-refractivity contribution < 1.29 is 23.8 Å². The number of hydrogen-bond donors (Lipinski definition) is 0. The molecule has 4 aromatic rings. The van der Waals surface area contributed by atoms with Gasteiger partial charge >= 0.3 is 11.9 Å². The second kappa shape index (κ2) is 14.0. The lowest BCUT2D eigenvalue weighted by Crippen LogP contribution is -2.45. The monoisotopic (exact) mass is 563 g/mol. The van der Waals surface area contributed by atoms with Gasteiger partial charge in [-0.1, -0.05) is 103 Å². The Bertz CT molecular complexity index is 1430. The van der Waals surface area contributed by atoms with Crippen LogP contribution >= 0.6 is 0 Å². The Labute approximate surface area is 247 Å². The molecular weight excluding hydrogens is 526 g/mol. The molecule has 0 amide bonds. The van der Waals surface area contributed by atoms with Crippen LogP contribution in [0.2, 0.25) is 0 Å². The third-order valence-electron chi connectivity index (χ3n) is 7.74. The fourth-order valence-corrected chi connectivity index (χ4v) is 5.64. The SMILES string of the molecule is CCOC(=O)[C@@]1(Cc2ccc(OCc3ccccc3)cc2)CN(Cc2ccccc2)C[C@@H]1C(=O)OCc1ccccc1. The van der Waals surface area contributed by atoms with Gasteiger partial charge in [0.1, 0.15) is 19.0 Å². The van der Waals surface area contributed by atoms with Crippen LogP contribution in [-0.4, -0.2) is 36.5 Å². The van der Waals surface area contributed by atoms with Gasteiger partial charge in [0.2, 0.25) is 0 Å². The number of carbonyl (C=O) groups is 2. The van der Waals surface area contributed by atoms with Crippen LogP contribution in [0, 0.1) is 11.3 Å². The quantitative estimate of drug-likeness (QED) is 0.190. The Balaban J connectivity index is 1.38. The van der Waals surface area contributed by atoms with E-state index >= 15 is 0 Å². The van der Waals surface area contributed by atoms with E-state index in [1.54, 1.807) is 6.92 Å². The Morgan fingerprint density at radius 2 is 1.29 bits per heavy atom. The smallest absolute Gasteiger partial charge is 0.314 e. The molecule has 1 aliphatic heterocycles. The second-order valence-corrected chi connectivity index (χ2v) is 10.8. The molecule has 0 aliphatic carbocycles. The number of benzene rings is 4. The zero-order valence-corrected chi connectivity index (χ0v) is 24.0. The van der Waals surface area contributed by atoms with Gasteiger partial charge in [0.05, 0.1) is 17.9 Å². The highest BCUT2D eigenvalue weighted by Gasteiger charge is 2.56. The molecule has 0 radical (unpaired) electrons. The fourth-order valence-electron chi connectivity index (χ4n) is 5.64. The van der Waals surface area contributed by atoms with Crippen LogP contribution in [0.4, 0.5) is 0 Å². The number of hydrogen-bond acceptors (Lipinski definition) is 6. The molecule has 1 heterocycles. The molecule has 5 rings (SSSR count). The van der Waals surface area contributed by atoms with Crippen LogP contribution in [0.1, 0.15) is 29.2 Å². The Kier molecular flexibility index (Phi) is 9.67. The number of ether oxygens (including phenoxy) is 3. The standard InChI is InChI=1S/C36H37NO5/c1-2-40-35(39)36(22-28-18-20-32(21-19-28)41-25-30-14-8-4-9-15-30)27-37(23-29-12-6-3-7-13-29)24-33(36)34(38)42-26-31-16-10-5-11-17-31/h3-21,33H,2,22-27H2,1H3/t33-,36+/m1/s1. The summed E-state index contributed by atoms with van der Waals surface area (Å²) < 4.78 is 17.5. The van der Waals surface area contributed by atoms with Crippen molar-refractivity contribution in [1.29, 1.82) is 0 Å². The third-order valence-corrected chi connectivity index (χ3v) is 7.74. The molecule has 0 N–H and O–H groups in total. The zero-order valence-electron chi connectivity index (χ0n) is 24.0. The Hall–Kier alpha value is -4.42. The first kappa shape index (κ1) is 29.1. The highest BCUT2D eigenvalue weighted by molar-refractivity contribution is 5.87.